The van der Waals surface area contributed by atoms with Crippen molar-refractivity contribution < 1.29 is 19.1 Å². The average Bonchev–Trinajstić information content (AvgIpc) is 2.33. The van der Waals surface area contributed by atoms with E-state index in [0.29, 0.717) is 0 Å². The summed E-state index contributed by atoms with van der Waals surface area (Å²) >= 11 is 0. The highest BCUT2D eigenvalue weighted by Crippen LogP contribution is 2.19. The van der Waals surface area contributed by atoms with E-state index in [-0.39, 0.29) is 12.4 Å². The fraction of sp³-hybridized carbons (Fsp3) is 0.429. The van der Waals surface area contributed by atoms with Crippen LogP contribution in [0.1, 0.15) is 26.3 Å². The predicted molar refractivity (Wildman–Crippen MR) is 72.7 cm³/mol. The first kappa shape index (κ1) is 15.9. The molecule has 0 aliphatic rings. The van der Waals surface area contributed by atoms with Crippen LogP contribution in [0, 0.1) is 11.2 Å². The third kappa shape index (κ3) is 4.87. The summed E-state index contributed by atoms with van der Waals surface area (Å²) in [4.78, 5) is 22.8. The number of carbonyl (C=O) groups is 2. The zero-order chi connectivity index (χ0) is 15.3. The largest absolute Gasteiger partial charge is 0.480 e. The van der Waals surface area contributed by atoms with E-state index in [0.717, 1.165) is 5.56 Å². The van der Waals surface area contributed by atoms with E-state index in [1.54, 1.807) is 32.9 Å². The molecule has 0 radical (unpaired) electrons. The quantitative estimate of drug-likeness (QED) is 0.791. The SMILES string of the molecule is CC(C)(C)[C@@H](NC(=O)NCc1ccc(F)cc1)C(=O)O. The lowest BCUT2D eigenvalue weighted by molar-refractivity contribution is -0.141. The molecular weight excluding hydrogens is 263 g/mol. The lowest BCUT2D eigenvalue weighted by atomic mass is 9.87. The third-order valence-electron chi connectivity index (χ3n) is 2.75. The van der Waals surface area contributed by atoms with Crippen molar-refractivity contribution in [3.05, 3.63) is 35.6 Å². The minimum Gasteiger partial charge on any atom is -0.480 e. The van der Waals surface area contributed by atoms with Crippen molar-refractivity contribution in [2.45, 2.75) is 33.4 Å². The third-order valence-corrected chi connectivity index (χ3v) is 2.75. The summed E-state index contributed by atoms with van der Waals surface area (Å²) in [5.74, 6) is -1.44. The van der Waals surface area contributed by atoms with E-state index in [2.05, 4.69) is 10.6 Å². The van der Waals surface area contributed by atoms with Crippen LogP contribution in [0.3, 0.4) is 0 Å². The number of carboxylic acids is 1. The van der Waals surface area contributed by atoms with Crippen molar-refractivity contribution in [2.24, 2.45) is 5.41 Å². The summed E-state index contributed by atoms with van der Waals surface area (Å²) < 4.78 is 12.7. The van der Waals surface area contributed by atoms with Gasteiger partial charge in [0.2, 0.25) is 0 Å². The lowest BCUT2D eigenvalue weighted by Gasteiger charge is -2.27. The Bertz CT molecular complexity index is 480. The molecule has 0 bridgehead atoms. The highest BCUT2D eigenvalue weighted by Gasteiger charge is 2.32. The smallest absolute Gasteiger partial charge is 0.326 e. The summed E-state index contributed by atoms with van der Waals surface area (Å²) in [5, 5.41) is 14.0. The Morgan fingerprint density at radius 1 is 1.25 bits per heavy atom. The molecule has 0 heterocycles. The van der Waals surface area contributed by atoms with Gasteiger partial charge < -0.3 is 15.7 Å². The van der Waals surface area contributed by atoms with Crippen molar-refractivity contribution >= 4 is 12.0 Å². The van der Waals surface area contributed by atoms with Crippen LogP contribution in [0.4, 0.5) is 9.18 Å². The molecule has 20 heavy (non-hydrogen) atoms. The zero-order valence-corrected chi connectivity index (χ0v) is 11.7. The minimum atomic E-state index is -1.09. The molecule has 5 nitrogen and oxygen atoms in total. The van der Waals surface area contributed by atoms with Crippen molar-refractivity contribution in [2.75, 3.05) is 0 Å². The molecule has 0 spiro atoms. The number of nitrogens with one attached hydrogen (secondary N) is 2. The number of halogens is 1. The van der Waals surface area contributed by atoms with Crippen LogP contribution in [-0.2, 0) is 11.3 Å². The number of amides is 2. The normalized spacial score (nSPS) is 12.6. The van der Waals surface area contributed by atoms with E-state index in [1.807, 2.05) is 0 Å². The Kier molecular flexibility index (Phi) is 5.07. The number of benzene rings is 1. The van der Waals surface area contributed by atoms with Crippen molar-refractivity contribution in [3.63, 3.8) is 0 Å². The Morgan fingerprint density at radius 3 is 2.25 bits per heavy atom. The molecule has 0 fully saturated rings. The van der Waals surface area contributed by atoms with Gasteiger partial charge in [0, 0.05) is 6.54 Å². The molecule has 0 unspecified atom stereocenters. The molecule has 3 N–H and O–H groups in total. The Morgan fingerprint density at radius 2 is 1.80 bits per heavy atom. The van der Waals surface area contributed by atoms with Gasteiger partial charge in [0.1, 0.15) is 11.9 Å². The van der Waals surface area contributed by atoms with Crippen LogP contribution in [0.2, 0.25) is 0 Å². The van der Waals surface area contributed by atoms with Gasteiger partial charge in [-0.25, -0.2) is 14.0 Å². The molecule has 1 aromatic rings. The van der Waals surface area contributed by atoms with Gasteiger partial charge in [-0.2, -0.15) is 0 Å². The summed E-state index contributed by atoms with van der Waals surface area (Å²) in [6, 6.07) is 4.13. The molecule has 1 rings (SSSR count). The average molecular weight is 282 g/mol. The minimum absolute atomic E-state index is 0.197. The summed E-state index contributed by atoms with van der Waals surface area (Å²) in [6.07, 6.45) is 0. The fourth-order valence-electron chi connectivity index (χ4n) is 1.62. The number of urea groups is 1. The molecule has 110 valence electrons. The van der Waals surface area contributed by atoms with Crippen LogP contribution < -0.4 is 10.6 Å². The molecule has 0 saturated carbocycles. The lowest BCUT2D eigenvalue weighted by Crippen LogP contribution is -2.52. The van der Waals surface area contributed by atoms with Crippen LogP contribution in [0.25, 0.3) is 0 Å². The van der Waals surface area contributed by atoms with Crippen molar-refractivity contribution in [3.8, 4) is 0 Å². The standard InChI is InChI=1S/C14H19FN2O3/c1-14(2,3)11(12(18)19)17-13(20)16-8-9-4-6-10(15)7-5-9/h4-7,11H,8H2,1-3H3,(H,18,19)(H2,16,17,20)/t11-/m0/s1. The predicted octanol–water partition coefficient (Wildman–Crippen LogP) is 2.12. The summed E-state index contributed by atoms with van der Waals surface area (Å²) in [7, 11) is 0. The first-order valence-electron chi connectivity index (χ1n) is 6.22. The van der Waals surface area contributed by atoms with E-state index >= 15 is 0 Å². The molecule has 2 amide bonds. The first-order chi connectivity index (χ1) is 9.20. The number of hydrogen-bond acceptors (Lipinski definition) is 2. The summed E-state index contributed by atoms with van der Waals surface area (Å²) in [5.41, 5.74) is 0.128. The van der Waals surface area contributed by atoms with Crippen LogP contribution in [0.5, 0.6) is 0 Å². The molecule has 1 atom stereocenters. The molecule has 0 aromatic heterocycles. The number of carboxylic acid groups (broad SMARTS) is 1. The van der Waals surface area contributed by atoms with Gasteiger partial charge in [0.05, 0.1) is 0 Å². The maximum Gasteiger partial charge on any atom is 0.326 e. The number of aliphatic carboxylic acids is 1. The Hall–Kier alpha value is -2.11. The van der Waals surface area contributed by atoms with Gasteiger partial charge in [0.15, 0.2) is 0 Å². The number of rotatable bonds is 4. The van der Waals surface area contributed by atoms with Crippen LogP contribution >= 0.6 is 0 Å². The second-order valence-electron chi connectivity index (χ2n) is 5.59. The molecule has 0 aliphatic heterocycles. The van der Waals surface area contributed by atoms with E-state index in [9.17, 15) is 14.0 Å². The topological polar surface area (TPSA) is 78.4 Å². The van der Waals surface area contributed by atoms with E-state index in [1.165, 1.54) is 12.1 Å². The molecule has 0 aliphatic carbocycles. The second kappa shape index (κ2) is 6.36. The van der Waals surface area contributed by atoms with Gasteiger partial charge in [-0.15, -0.1) is 0 Å². The number of carbonyl (C=O) groups excluding carboxylic acids is 1. The van der Waals surface area contributed by atoms with E-state index in [4.69, 9.17) is 5.11 Å². The summed E-state index contributed by atoms with van der Waals surface area (Å²) in [6.45, 7) is 5.38. The molecule has 1 aromatic carbocycles. The van der Waals surface area contributed by atoms with E-state index < -0.39 is 23.5 Å². The van der Waals surface area contributed by atoms with Crippen LogP contribution in [-0.4, -0.2) is 23.1 Å². The van der Waals surface area contributed by atoms with Gasteiger partial charge in [0.25, 0.3) is 0 Å². The molecule has 0 saturated heterocycles. The highest BCUT2D eigenvalue weighted by molar-refractivity contribution is 5.83. The fourth-order valence-corrected chi connectivity index (χ4v) is 1.62. The Balaban J connectivity index is 2.54. The maximum absolute atomic E-state index is 12.7. The van der Waals surface area contributed by atoms with Crippen LogP contribution in [0.15, 0.2) is 24.3 Å². The zero-order valence-electron chi connectivity index (χ0n) is 11.7. The van der Waals surface area contributed by atoms with Gasteiger partial charge in [-0.1, -0.05) is 32.9 Å². The molecular formula is C14H19FN2O3. The van der Waals surface area contributed by atoms with Crippen molar-refractivity contribution in [1.29, 1.82) is 0 Å². The Labute approximate surface area is 117 Å². The maximum atomic E-state index is 12.7. The van der Waals surface area contributed by atoms with Crippen molar-refractivity contribution in [1.82, 2.24) is 10.6 Å². The molecule has 6 heteroatoms. The van der Waals surface area contributed by atoms with Gasteiger partial charge in [-0.05, 0) is 23.1 Å². The highest BCUT2D eigenvalue weighted by atomic mass is 19.1. The van der Waals surface area contributed by atoms with Gasteiger partial charge in [-0.3, -0.25) is 0 Å². The van der Waals surface area contributed by atoms with Gasteiger partial charge >= 0.3 is 12.0 Å². The monoisotopic (exact) mass is 282 g/mol. The second-order valence-corrected chi connectivity index (χ2v) is 5.59. The number of hydrogen-bond donors (Lipinski definition) is 3. The first-order valence-corrected chi connectivity index (χ1v) is 6.22.